The first-order chi connectivity index (χ1) is 9.27. The molecule has 0 saturated heterocycles. The molecule has 0 spiro atoms. The summed E-state index contributed by atoms with van der Waals surface area (Å²) < 4.78 is 38.9. The van der Waals surface area contributed by atoms with Crippen LogP contribution in [0, 0.1) is 0 Å². The molecule has 0 bridgehead atoms. The molecule has 0 fully saturated rings. The molecule has 0 radical (unpaired) electrons. The summed E-state index contributed by atoms with van der Waals surface area (Å²) in [5.41, 5.74) is -1.03. The summed E-state index contributed by atoms with van der Waals surface area (Å²) in [6.07, 6.45) is -3.26. The molecule has 0 unspecified atom stereocenters. The highest BCUT2D eigenvalue weighted by atomic mass is 35.5. The molecule has 106 valence electrons. The summed E-state index contributed by atoms with van der Waals surface area (Å²) in [4.78, 5) is 11.6. The van der Waals surface area contributed by atoms with E-state index in [9.17, 15) is 23.1 Å². The molecule has 0 aliphatic heterocycles. The van der Waals surface area contributed by atoms with Crippen LogP contribution >= 0.6 is 11.6 Å². The van der Waals surface area contributed by atoms with Crippen molar-refractivity contribution in [3.63, 3.8) is 0 Å². The monoisotopic (exact) mass is 303 g/mol. The average molecular weight is 304 g/mol. The number of aromatic hydroxyl groups is 1. The van der Waals surface area contributed by atoms with Crippen molar-refractivity contribution in [2.75, 3.05) is 0 Å². The predicted molar refractivity (Wildman–Crippen MR) is 67.9 cm³/mol. The van der Waals surface area contributed by atoms with Gasteiger partial charge in [-0.1, -0.05) is 23.7 Å². The third-order valence-corrected chi connectivity index (χ3v) is 2.96. The van der Waals surface area contributed by atoms with Crippen LogP contribution in [-0.4, -0.2) is 9.67 Å². The molecule has 3 nitrogen and oxygen atoms in total. The van der Waals surface area contributed by atoms with Gasteiger partial charge in [-0.05, 0) is 17.7 Å². The van der Waals surface area contributed by atoms with Crippen molar-refractivity contribution < 1.29 is 18.3 Å². The number of aromatic nitrogens is 1. The standard InChI is InChI=1S/C13H9ClF3NO2/c14-10-7-18(12(20)5-11(10)19)6-8-2-1-3-9(4-8)13(15,16)17/h1-5,7,19H,6H2. The van der Waals surface area contributed by atoms with Gasteiger partial charge in [0, 0.05) is 12.3 Å². The fraction of sp³-hybridized carbons (Fsp3) is 0.154. The van der Waals surface area contributed by atoms with Crippen molar-refractivity contribution in [1.82, 2.24) is 4.57 Å². The summed E-state index contributed by atoms with van der Waals surface area (Å²) in [5.74, 6) is -0.364. The van der Waals surface area contributed by atoms with Crippen LogP contribution in [0.2, 0.25) is 5.02 Å². The first-order valence-corrected chi connectivity index (χ1v) is 5.90. The maximum atomic E-state index is 12.6. The second-order valence-corrected chi connectivity index (χ2v) is 4.58. The van der Waals surface area contributed by atoms with Crippen LogP contribution in [0.3, 0.4) is 0 Å². The topological polar surface area (TPSA) is 42.2 Å². The molecule has 0 aliphatic carbocycles. The Morgan fingerprint density at radius 1 is 1.25 bits per heavy atom. The molecular formula is C13H9ClF3NO2. The van der Waals surface area contributed by atoms with Gasteiger partial charge in [-0.3, -0.25) is 4.79 Å². The number of pyridine rings is 1. The van der Waals surface area contributed by atoms with Crippen molar-refractivity contribution in [3.05, 3.63) is 63.0 Å². The molecule has 0 aliphatic rings. The van der Waals surface area contributed by atoms with Crippen molar-refractivity contribution in [1.29, 1.82) is 0 Å². The van der Waals surface area contributed by atoms with Crippen LogP contribution in [0.5, 0.6) is 5.75 Å². The molecule has 1 N–H and O–H groups in total. The molecular weight excluding hydrogens is 295 g/mol. The van der Waals surface area contributed by atoms with E-state index in [4.69, 9.17) is 11.6 Å². The zero-order valence-corrected chi connectivity index (χ0v) is 10.7. The number of rotatable bonds is 2. The normalized spacial score (nSPS) is 11.6. The second kappa shape index (κ2) is 5.20. The molecule has 1 aromatic carbocycles. The third-order valence-electron chi connectivity index (χ3n) is 2.66. The fourth-order valence-corrected chi connectivity index (χ4v) is 1.87. The summed E-state index contributed by atoms with van der Waals surface area (Å²) in [6.45, 7) is -0.0667. The van der Waals surface area contributed by atoms with Gasteiger partial charge in [-0.15, -0.1) is 0 Å². The van der Waals surface area contributed by atoms with Gasteiger partial charge in [-0.2, -0.15) is 13.2 Å². The molecule has 0 amide bonds. The van der Waals surface area contributed by atoms with Crippen LogP contribution in [-0.2, 0) is 12.7 Å². The Balaban J connectivity index is 2.36. The SMILES string of the molecule is O=c1cc(O)c(Cl)cn1Cc1cccc(C(F)(F)F)c1. The van der Waals surface area contributed by atoms with Crippen molar-refractivity contribution >= 4 is 11.6 Å². The highest BCUT2D eigenvalue weighted by molar-refractivity contribution is 6.31. The largest absolute Gasteiger partial charge is 0.506 e. The zero-order chi connectivity index (χ0) is 14.9. The first-order valence-electron chi connectivity index (χ1n) is 5.52. The molecule has 0 saturated carbocycles. The maximum Gasteiger partial charge on any atom is 0.416 e. The van der Waals surface area contributed by atoms with Gasteiger partial charge in [0.2, 0.25) is 0 Å². The van der Waals surface area contributed by atoms with E-state index in [2.05, 4.69) is 0 Å². The van der Waals surface area contributed by atoms with E-state index < -0.39 is 17.3 Å². The third kappa shape index (κ3) is 3.14. The highest BCUT2D eigenvalue weighted by Gasteiger charge is 2.30. The van der Waals surface area contributed by atoms with Gasteiger partial charge in [0.1, 0.15) is 5.75 Å². The first kappa shape index (κ1) is 14.5. The summed E-state index contributed by atoms with van der Waals surface area (Å²) in [5, 5.41) is 9.20. The lowest BCUT2D eigenvalue weighted by atomic mass is 10.1. The van der Waals surface area contributed by atoms with E-state index in [1.165, 1.54) is 18.3 Å². The molecule has 20 heavy (non-hydrogen) atoms. The Morgan fingerprint density at radius 2 is 1.95 bits per heavy atom. The molecule has 7 heteroatoms. The Morgan fingerprint density at radius 3 is 2.60 bits per heavy atom. The van der Waals surface area contributed by atoms with Gasteiger partial charge in [0.05, 0.1) is 17.1 Å². The highest BCUT2D eigenvalue weighted by Crippen LogP contribution is 2.29. The molecule has 1 aromatic heterocycles. The number of halogens is 4. The smallest absolute Gasteiger partial charge is 0.416 e. The Bertz CT molecular complexity index is 695. The lowest BCUT2D eigenvalue weighted by Crippen LogP contribution is -2.19. The van der Waals surface area contributed by atoms with Crippen LogP contribution < -0.4 is 5.56 Å². The second-order valence-electron chi connectivity index (χ2n) is 4.17. The van der Waals surface area contributed by atoms with Gasteiger partial charge in [0.15, 0.2) is 0 Å². The number of benzene rings is 1. The Hall–Kier alpha value is -1.95. The average Bonchev–Trinajstić information content (AvgIpc) is 2.35. The van der Waals surface area contributed by atoms with E-state index in [-0.39, 0.29) is 17.3 Å². The van der Waals surface area contributed by atoms with Crippen LogP contribution in [0.4, 0.5) is 13.2 Å². The number of nitrogens with zero attached hydrogens (tertiary/aromatic N) is 1. The number of hydrogen-bond donors (Lipinski definition) is 1. The van der Waals surface area contributed by atoms with Gasteiger partial charge >= 0.3 is 6.18 Å². The lowest BCUT2D eigenvalue weighted by Gasteiger charge is -2.10. The van der Waals surface area contributed by atoms with E-state index >= 15 is 0 Å². The lowest BCUT2D eigenvalue weighted by molar-refractivity contribution is -0.137. The fourth-order valence-electron chi connectivity index (χ4n) is 1.70. The van der Waals surface area contributed by atoms with Crippen LogP contribution in [0.1, 0.15) is 11.1 Å². The Labute approximate surface area is 116 Å². The minimum Gasteiger partial charge on any atom is -0.506 e. The predicted octanol–water partition coefficient (Wildman–Crippen LogP) is 3.27. The van der Waals surface area contributed by atoms with E-state index in [1.807, 2.05) is 0 Å². The molecule has 2 rings (SSSR count). The van der Waals surface area contributed by atoms with Crippen molar-refractivity contribution in [3.8, 4) is 5.75 Å². The molecule has 1 heterocycles. The van der Waals surface area contributed by atoms with Crippen molar-refractivity contribution in [2.45, 2.75) is 12.7 Å². The van der Waals surface area contributed by atoms with E-state index in [0.29, 0.717) is 5.56 Å². The minimum atomic E-state index is -4.44. The molecule has 2 aromatic rings. The molecule has 0 atom stereocenters. The zero-order valence-electron chi connectivity index (χ0n) is 9.99. The minimum absolute atomic E-state index is 0.0448. The van der Waals surface area contributed by atoms with Gasteiger partial charge in [0.25, 0.3) is 5.56 Å². The summed E-state index contributed by atoms with van der Waals surface area (Å²) in [7, 11) is 0. The van der Waals surface area contributed by atoms with E-state index in [0.717, 1.165) is 22.8 Å². The Kier molecular flexibility index (Phi) is 3.76. The number of alkyl halides is 3. The van der Waals surface area contributed by atoms with Gasteiger partial charge in [-0.25, -0.2) is 0 Å². The van der Waals surface area contributed by atoms with E-state index in [1.54, 1.807) is 0 Å². The van der Waals surface area contributed by atoms with Gasteiger partial charge < -0.3 is 9.67 Å². The van der Waals surface area contributed by atoms with Crippen LogP contribution in [0.25, 0.3) is 0 Å². The van der Waals surface area contributed by atoms with Crippen LogP contribution in [0.15, 0.2) is 41.3 Å². The van der Waals surface area contributed by atoms with Crippen molar-refractivity contribution in [2.24, 2.45) is 0 Å². The summed E-state index contributed by atoms with van der Waals surface area (Å²) in [6, 6.07) is 5.58. The maximum absolute atomic E-state index is 12.6. The quantitative estimate of drug-likeness (QED) is 0.925. The summed E-state index contributed by atoms with van der Waals surface area (Å²) >= 11 is 5.67. The number of hydrogen-bond acceptors (Lipinski definition) is 2.